The predicted octanol–water partition coefficient (Wildman–Crippen LogP) is 2.17. The monoisotopic (exact) mass is 474 g/mol. The second-order valence-corrected chi connectivity index (χ2v) is 10.8. The summed E-state index contributed by atoms with van der Waals surface area (Å²) in [6.45, 7) is 7.19. The van der Waals surface area contributed by atoms with Gasteiger partial charge >= 0.3 is 0 Å². The summed E-state index contributed by atoms with van der Waals surface area (Å²) >= 11 is 0. The maximum Gasteiger partial charge on any atom is 0.282 e. The molecule has 2 aliphatic rings. The first-order valence-corrected chi connectivity index (χ1v) is 13.1. The van der Waals surface area contributed by atoms with Gasteiger partial charge < -0.3 is 5.32 Å². The SMILES string of the molecule is Cc1nn(-c2ccccc2)c(C)c1NC(=O)CN1CCN(S(=O)(=O)N2CCCCCC2)CC1. The number of rotatable bonds is 6. The second-order valence-electron chi connectivity index (χ2n) is 8.84. The lowest BCUT2D eigenvalue weighted by Crippen LogP contribution is -2.54. The van der Waals surface area contributed by atoms with Gasteiger partial charge in [0.25, 0.3) is 10.2 Å². The molecule has 0 radical (unpaired) electrons. The van der Waals surface area contributed by atoms with Gasteiger partial charge in [0.05, 0.1) is 29.3 Å². The van der Waals surface area contributed by atoms with Crippen LogP contribution in [0, 0.1) is 13.8 Å². The van der Waals surface area contributed by atoms with E-state index in [0.717, 1.165) is 48.4 Å². The Morgan fingerprint density at radius 2 is 1.52 bits per heavy atom. The molecule has 0 spiro atoms. The molecule has 2 aromatic rings. The fraction of sp³-hybridized carbons (Fsp3) is 0.565. The Balaban J connectivity index is 1.32. The van der Waals surface area contributed by atoms with Crippen molar-refractivity contribution >= 4 is 21.8 Å². The molecule has 1 N–H and O–H groups in total. The Hall–Kier alpha value is -2.27. The van der Waals surface area contributed by atoms with E-state index in [0.29, 0.717) is 39.3 Å². The minimum atomic E-state index is -3.42. The summed E-state index contributed by atoms with van der Waals surface area (Å²) < 4.78 is 31.0. The molecule has 0 bridgehead atoms. The first-order valence-electron chi connectivity index (χ1n) is 11.8. The van der Waals surface area contributed by atoms with Gasteiger partial charge in [0.2, 0.25) is 5.91 Å². The minimum absolute atomic E-state index is 0.113. The van der Waals surface area contributed by atoms with Gasteiger partial charge in [-0.05, 0) is 38.8 Å². The highest BCUT2D eigenvalue weighted by molar-refractivity contribution is 7.86. The molecule has 180 valence electrons. The molecule has 3 heterocycles. The van der Waals surface area contributed by atoms with E-state index >= 15 is 0 Å². The van der Waals surface area contributed by atoms with Crippen LogP contribution in [0.25, 0.3) is 5.69 Å². The van der Waals surface area contributed by atoms with Crippen molar-refractivity contribution < 1.29 is 13.2 Å². The molecule has 1 aromatic carbocycles. The van der Waals surface area contributed by atoms with E-state index in [-0.39, 0.29) is 12.5 Å². The fourth-order valence-corrected chi connectivity index (χ4v) is 6.25. The van der Waals surface area contributed by atoms with Gasteiger partial charge in [-0.15, -0.1) is 0 Å². The summed E-state index contributed by atoms with van der Waals surface area (Å²) in [4.78, 5) is 14.8. The largest absolute Gasteiger partial charge is 0.322 e. The highest BCUT2D eigenvalue weighted by atomic mass is 32.2. The van der Waals surface area contributed by atoms with Crippen molar-refractivity contribution in [2.24, 2.45) is 0 Å². The normalized spacial score (nSPS) is 19.3. The van der Waals surface area contributed by atoms with E-state index in [1.807, 2.05) is 53.8 Å². The van der Waals surface area contributed by atoms with Gasteiger partial charge in [-0.3, -0.25) is 9.69 Å². The predicted molar refractivity (Wildman–Crippen MR) is 129 cm³/mol. The Kier molecular flexibility index (Phi) is 7.48. The molecule has 4 rings (SSSR count). The summed E-state index contributed by atoms with van der Waals surface area (Å²) in [6.07, 6.45) is 4.05. The van der Waals surface area contributed by atoms with Crippen molar-refractivity contribution in [2.75, 3.05) is 51.1 Å². The summed E-state index contributed by atoms with van der Waals surface area (Å²) in [7, 11) is -3.42. The number of benzene rings is 1. The van der Waals surface area contributed by atoms with Gasteiger partial charge in [-0.1, -0.05) is 31.0 Å². The molecular formula is C23H34N6O3S. The molecule has 2 aliphatic heterocycles. The van der Waals surface area contributed by atoms with E-state index in [4.69, 9.17) is 0 Å². The number of carbonyl (C=O) groups is 1. The van der Waals surface area contributed by atoms with Crippen LogP contribution < -0.4 is 5.32 Å². The number of nitrogens with zero attached hydrogens (tertiary/aromatic N) is 5. The van der Waals surface area contributed by atoms with Crippen LogP contribution in [0.3, 0.4) is 0 Å². The van der Waals surface area contributed by atoms with E-state index in [2.05, 4.69) is 10.4 Å². The lowest BCUT2D eigenvalue weighted by atomic mass is 10.2. The smallest absolute Gasteiger partial charge is 0.282 e. The zero-order chi connectivity index (χ0) is 23.4. The first kappa shape index (κ1) is 23.9. The molecule has 1 amide bonds. The Morgan fingerprint density at radius 1 is 0.909 bits per heavy atom. The van der Waals surface area contributed by atoms with Crippen LogP contribution in [-0.4, -0.2) is 83.4 Å². The number of nitrogens with one attached hydrogen (secondary N) is 1. The van der Waals surface area contributed by atoms with Crippen LogP contribution in [0.5, 0.6) is 0 Å². The standard InChI is InChI=1S/C23H34N6O3S/c1-19-23(20(2)29(25-19)21-10-6-5-7-11-21)24-22(30)18-26-14-16-28(17-15-26)33(31,32)27-12-8-3-4-9-13-27/h5-7,10-11H,3-4,8-9,12-18H2,1-2H3,(H,24,30). The summed E-state index contributed by atoms with van der Waals surface area (Å²) in [6, 6.07) is 9.82. The number of aryl methyl sites for hydroxylation is 1. The van der Waals surface area contributed by atoms with Crippen LogP contribution in [0.2, 0.25) is 0 Å². The Morgan fingerprint density at radius 3 is 2.15 bits per heavy atom. The number of para-hydroxylation sites is 1. The summed E-state index contributed by atoms with van der Waals surface area (Å²) in [5.74, 6) is -0.113. The number of aromatic nitrogens is 2. The highest BCUT2D eigenvalue weighted by Crippen LogP contribution is 2.23. The van der Waals surface area contributed by atoms with E-state index < -0.39 is 10.2 Å². The average Bonchev–Trinajstić information content (AvgIpc) is 3.00. The molecule has 0 saturated carbocycles. The van der Waals surface area contributed by atoms with Crippen LogP contribution in [0.4, 0.5) is 5.69 Å². The quantitative estimate of drug-likeness (QED) is 0.693. The molecule has 9 nitrogen and oxygen atoms in total. The number of hydrogen-bond donors (Lipinski definition) is 1. The third-order valence-electron chi connectivity index (χ3n) is 6.47. The van der Waals surface area contributed by atoms with Crippen molar-refractivity contribution in [3.05, 3.63) is 41.7 Å². The van der Waals surface area contributed by atoms with Crippen LogP contribution in [-0.2, 0) is 15.0 Å². The first-order chi connectivity index (χ1) is 15.9. The summed E-state index contributed by atoms with van der Waals surface area (Å²) in [5, 5.41) is 7.59. The van der Waals surface area contributed by atoms with Gasteiger partial charge in [0, 0.05) is 39.3 Å². The maximum absolute atomic E-state index is 13.0. The van der Waals surface area contributed by atoms with Gasteiger partial charge in [-0.2, -0.15) is 22.1 Å². The van der Waals surface area contributed by atoms with E-state index in [9.17, 15) is 13.2 Å². The van der Waals surface area contributed by atoms with Crippen LogP contribution in [0.1, 0.15) is 37.1 Å². The third kappa shape index (κ3) is 5.46. The lowest BCUT2D eigenvalue weighted by molar-refractivity contribution is -0.117. The fourth-order valence-electron chi connectivity index (χ4n) is 4.58. The zero-order valence-corrected chi connectivity index (χ0v) is 20.4. The van der Waals surface area contributed by atoms with Gasteiger partial charge in [0.1, 0.15) is 0 Å². The number of hydrogen-bond acceptors (Lipinski definition) is 5. The Labute approximate surface area is 196 Å². The number of anilines is 1. The van der Waals surface area contributed by atoms with Crippen LogP contribution in [0.15, 0.2) is 30.3 Å². The van der Waals surface area contributed by atoms with Gasteiger partial charge in [0.15, 0.2) is 0 Å². The van der Waals surface area contributed by atoms with Crippen molar-refractivity contribution in [2.45, 2.75) is 39.5 Å². The maximum atomic E-state index is 13.0. The van der Waals surface area contributed by atoms with Gasteiger partial charge in [-0.25, -0.2) is 4.68 Å². The highest BCUT2D eigenvalue weighted by Gasteiger charge is 2.33. The third-order valence-corrected chi connectivity index (χ3v) is 8.51. The van der Waals surface area contributed by atoms with Crippen molar-refractivity contribution in [1.82, 2.24) is 23.3 Å². The molecule has 10 heteroatoms. The molecule has 2 fully saturated rings. The molecule has 0 aliphatic carbocycles. The molecule has 0 atom stereocenters. The van der Waals surface area contributed by atoms with E-state index in [1.54, 1.807) is 8.61 Å². The minimum Gasteiger partial charge on any atom is -0.322 e. The van der Waals surface area contributed by atoms with Crippen molar-refractivity contribution in [1.29, 1.82) is 0 Å². The molecule has 2 saturated heterocycles. The Bertz CT molecular complexity index is 1050. The average molecular weight is 475 g/mol. The van der Waals surface area contributed by atoms with Crippen LogP contribution >= 0.6 is 0 Å². The number of amides is 1. The van der Waals surface area contributed by atoms with Crippen molar-refractivity contribution in [3.63, 3.8) is 0 Å². The zero-order valence-electron chi connectivity index (χ0n) is 19.5. The molecule has 33 heavy (non-hydrogen) atoms. The second kappa shape index (κ2) is 10.3. The lowest BCUT2D eigenvalue weighted by Gasteiger charge is -2.36. The number of piperazine rings is 1. The molecule has 0 unspecified atom stereocenters. The van der Waals surface area contributed by atoms with Crippen molar-refractivity contribution in [3.8, 4) is 5.69 Å². The molecular weight excluding hydrogens is 440 g/mol. The topological polar surface area (TPSA) is 90.8 Å². The summed E-state index contributed by atoms with van der Waals surface area (Å²) in [5.41, 5.74) is 3.31. The van der Waals surface area contributed by atoms with E-state index in [1.165, 1.54) is 0 Å². The number of carbonyl (C=O) groups excluding carboxylic acids is 1. The molecule has 1 aromatic heterocycles.